The molecule has 0 spiro atoms. The lowest BCUT2D eigenvalue weighted by molar-refractivity contribution is 0.628. The molecule has 0 saturated carbocycles. The van der Waals surface area contributed by atoms with Crippen LogP contribution in [0.25, 0.3) is 11.4 Å². The van der Waals surface area contributed by atoms with Gasteiger partial charge in [-0.1, -0.05) is 24.9 Å². The smallest absolute Gasteiger partial charge is 0.161 e. The first-order valence-corrected chi connectivity index (χ1v) is 6.31. The third kappa shape index (κ3) is 3.39. The Morgan fingerprint density at radius 2 is 2.05 bits per heavy atom. The second-order valence-electron chi connectivity index (χ2n) is 4.12. The summed E-state index contributed by atoms with van der Waals surface area (Å²) >= 11 is 5.84. The van der Waals surface area contributed by atoms with Crippen LogP contribution in [-0.4, -0.2) is 9.97 Å². The highest BCUT2D eigenvalue weighted by Gasteiger charge is 2.08. The van der Waals surface area contributed by atoms with Crippen LogP contribution >= 0.6 is 11.6 Å². The lowest BCUT2D eigenvalue weighted by atomic mass is 10.2. The number of aromatic nitrogens is 2. The Morgan fingerprint density at radius 3 is 2.68 bits per heavy atom. The molecule has 0 amide bonds. The minimum atomic E-state index is -0.422. The maximum atomic E-state index is 13.4. The van der Waals surface area contributed by atoms with E-state index in [1.807, 2.05) is 0 Å². The van der Waals surface area contributed by atoms with Crippen molar-refractivity contribution >= 4 is 17.4 Å². The zero-order chi connectivity index (χ0) is 13.8. The molecule has 0 bridgehead atoms. The monoisotopic (exact) mass is 280 g/mol. The summed E-state index contributed by atoms with van der Waals surface area (Å²) in [7, 11) is 0. The van der Waals surface area contributed by atoms with E-state index in [2.05, 4.69) is 22.3 Å². The average molecular weight is 281 g/mol. The van der Waals surface area contributed by atoms with Gasteiger partial charge in [-0.25, -0.2) is 20.2 Å². The third-order valence-electron chi connectivity index (χ3n) is 2.55. The Morgan fingerprint density at radius 1 is 1.26 bits per heavy atom. The Hall–Kier alpha value is -1.72. The molecule has 1 aromatic carbocycles. The van der Waals surface area contributed by atoms with Crippen molar-refractivity contribution in [2.24, 2.45) is 5.84 Å². The van der Waals surface area contributed by atoms with Crippen molar-refractivity contribution in [3.05, 3.63) is 40.8 Å². The standard InChI is InChI=1S/C13H14ClFN4/c1-2-3-11-7-12(19-16)18-13(17-11)8-4-9(14)6-10(15)5-8/h4-7H,2-3,16H2,1H3,(H,17,18,19). The predicted molar refractivity (Wildman–Crippen MR) is 74.2 cm³/mol. The van der Waals surface area contributed by atoms with Crippen molar-refractivity contribution in [3.8, 4) is 11.4 Å². The molecular weight excluding hydrogens is 267 g/mol. The molecule has 0 aliphatic rings. The normalized spacial score (nSPS) is 10.5. The quantitative estimate of drug-likeness (QED) is 0.667. The zero-order valence-corrected chi connectivity index (χ0v) is 11.2. The molecule has 1 aromatic heterocycles. The topological polar surface area (TPSA) is 63.8 Å². The van der Waals surface area contributed by atoms with Crippen LogP contribution in [0.2, 0.25) is 5.02 Å². The van der Waals surface area contributed by atoms with E-state index >= 15 is 0 Å². The zero-order valence-electron chi connectivity index (χ0n) is 10.5. The van der Waals surface area contributed by atoms with E-state index < -0.39 is 5.82 Å². The minimum Gasteiger partial charge on any atom is -0.308 e. The van der Waals surface area contributed by atoms with Gasteiger partial charge in [0.05, 0.1) is 0 Å². The summed E-state index contributed by atoms with van der Waals surface area (Å²) in [6.45, 7) is 2.05. The van der Waals surface area contributed by atoms with Crippen LogP contribution in [0.5, 0.6) is 0 Å². The molecule has 6 heteroatoms. The van der Waals surface area contributed by atoms with Gasteiger partial charge in [0, 0.05) is 22.3 Å². The first-order chi connectivity index (χ1) is 9.12. The number of nitrogens with two attached hydrogens (primary N) is 1. The molecule has 0 unspecified atom stereocenters. The predicted octanol–water partition coefficient (Wildman–Crippen LogP) is 3.17. The number of anilines is 1. The van der Waals surface area contributed by atoms with E-state index in [-0.39, 0.29) is 0 Å². The van der Waals surface area contributed by atoms with Crippen LogP contribution in [0.1, 0.15) is 19.0 Å². The van der Waals surface area contributed by atoms with Gasteiger partial charge in [0.1, 0.15) is 11.6 Å². The number of rotatable bonds is 4. The maximum absolute atomic E-state index is 13.4. The fraction of sp³-hybridized carbons (Fsp3) is 0.231. The van der Waals surface area contributed by atoms with Gasteiger partial charge < -0.3 is 5.43 Å². The van der Waals surface area contributed by atoms with E-state index in [9.17, 15) is 4.39 Å². The van der Waals surface area contributed by atoms with E-state index in [0.717, 1.165) is 18.5 Å². The molecule has 0 aliphatic heterocycles. The fourth-order valence-corrected chi connectivity index (χ4v) is 1.99. The summed E-state index contributed by atoms with van der Waals surface area (Å²) in [5.74, 6) is 5.86. The minimum absolute atomic E-state index is 0.307. The summed E-state index contributed by atoms with van der Waals surface area (Å²) in [5.41, 5.74) is 3.86. The van der Waals surface area contributed by atoms with Gasteiger partial charge in [0.15, 0.2) is 5.82 Å². The van der Waals surface area contributed by atoms with Gasteiger partial charge in [-0.3, -0.25) is 0 Å². The Kier molecular flexibility index (Phi) is 4.29. The average Bonchev–Trinajstić information content (AvgIpc) is 2.37. The molecular formula is C13H14ClFN4. The van der Waals surface area contributed by atoms with Gasteiger partial charge in [-0.2, -0.15) is 0 Å². The molecule has 0 aliphatic carbocycles. The van der Waals surface area contributed by atoms with Crippen LogP contribution in [0, 0.1) is 5.82 Å². The van der Waals surface area contributed by atoms with Crippen molar-refractivity contribution in [2.45, 2.75) is 19.8 Å². The number of hydrazine groups is 1. The van der Waals surface area contributed by atoms with Crippen LogP contribution in [0.3, 0.4) is 0 Å². The van der Waals surface area contributed by atoms with Crippen molar-refractivity contribution in [1.82, 2.24) is 9.97 Å². The summed E-state index contributed by atoms with van der Waals surface area (Å²) in [6, 6.07) is 5.98. The number of nitrogens with zero attached hydrogens (tertiary/aromatic N) is 2. The van der Waals surface area contributed by atoms with Gasteiger partial charge in [0.25, 0.3) is 0 Å². The lowest BCUT2D eigenvalue weighted by Gasteiger charge is -2.07. The number of nitrogens with one attached hydrogen (secondary N) is 1. The van der Waals surface area contributed by atoms with Gasteiger partial charge in [-0.15, -0.1) is 0 Å². The third-order valence-corrected chi connectivity index (χ3v) is 2.77. The van der Waals surface area contributed by atoms with Crippen LogP contribution in [0.15, 0.2) is 24.3 Å². The van der Waals surface area contributed by atoms with E-state index in [1.165, 1.54) is 12.1 Å². The fourth-order valence-electron chi connectivity index (χ4n) is 1.77. The van der Waals surface area contributed by atoms with Crippen molar-refractivity contribution in [1.29, 1.82) is 0 Å². The van der Waals surface area contributed by atoms with E-state index in [4.69, 9.17) is 17.4 Å². The highest BCUT2D eigenvalue weighted by Crippen LogP contribution is 2.23. The number of nitrogen functional groups attached to an aromatic ring is 1. The second kappa shape index (κ2) is 5.95. The lowest BCUT2D eigenvalue weighted by Crippen LogP contribution is -2.10. The SMILES string of the molecule is CCCc1cc(NN)nc(-c2cc(F)cc(Cl)c2)n1. The van der Waals surface area contributed by atoms with Crippen LogP contribution in [0.4, 0.5) is 10.2 Å². The van der Waals surface area contributed by atoms with Crippen molar-refractivity contribution < 1.29 is 4.39 Å². The maximum Gasteiger partial charge on any atom is 0.161 e. The van der Waals surface area contributed by atoms with Crippen molar-refractivity contribution in [2.75, 3.05) is 5.43 Å². The molecule has 0 fully saturated rings. The summed E-state index contributed by atoms with van der Waals surface area (Å²) in [4.78, 5) is 8.61. The van der Waals surface area contributed by atoms with E-state index in [0.29, 0.717) is 22.2 Å². The number of benzene rings is 1. The van der Waals surface area contributed by atoms with Gasteiger partial charge in [0.2, 0.25) is 0 Å². The van der Waals surface area contributed by atoms with Crippen molar-refractivity contribution in [3.63, 3.8) is 0 Å². The first-order valence-electron chi connectivity index (χ1n) is 5.93. The largest absolute Gasteiger partial charge is 0.308 e. The highest BCUT2D eigenvalue weighted by molar-refractivity contribution is 6.30. The molecule has 19 heavy (non-hydrogen) atoms. The second-order valence-corrected chi connectivity index (χ2v) is 4.56. The number of hydrogen-bond acceptors (Lipinski definition) is 4. The number of hydrogen-bond donors (Lipinski definition) is 2. The highest BCUT2D eigenvalue weighted by atomic mass is 35.5. The molecule has 0 saturated heterocycles. The molecule has 0 radical (unpaired) electrons. The summed E-state index contributed by atoms with van der Waals surface area (Å²) in [6.07, 6.45) is 1.75. The molecule has 4 nitrogen and oxygen atoms in total. The number of halogens is 2. The van der Waals surface area contributed by atoms with Gasteiger partial charge in [-0.05, 0) is 24.6 Å². The summed E-state index contributed by atoms with van der Waals surface area (Å²) in [5, 5.41) is 0.307. The molecule has 2 aromatic rings. The summed E-state index contributed by atoms with van der Waals surface area (Å²) < 4.78 is 13.4. The molecule has 100 valence electrons. The molecule has 3 N–H and O–H groups in total. The van der Waals surface area contributed by atoms with Crippen LogP contribution in [-0.2, 0) is 6.42 Å². The first kappa shape index (κ1) is 13.7. The Labute approximate surface area is 115 Å². The Balaban J connectivity index is 2.50. The van der Waals surface area contributed by atoms with E-state index in [1.54, 1.807) is 12.1 Å². The van der Waals surface area contributed by atoms with Gasteiger partial charge >= 0.3 is 0 Å². The molecule has 2 rings (SSSR count). The molecule has 0 atom stereocenters. The Bertz CT molecular complexity index is 569. The molecule has 1 heterocycles. The van der Waals surface area contributed by atoms with Crippen LogP contribution < -0.4 is 11.3 Å². The number of aryl methyl sites for hydroxylation is 1.